The van der Waals surface area contributed by atoms with Gasteiger partial charge in [0.15, 0.2) is 5.13 Å². The number of thiazole rings is 1. The van der Waals surface area contributed by atoms with Crippen LogP contribution in [0.15, 0.2) is 36.8 Å². The number of nitro groups is 1. The number of benzene rings is 1. The predicted molar refractivity (Wildman–Crippen MR) is 96.4 cm³/mol. The third-order valence-electron chi connectivity index (χ3n) is 4.19. The van der Waals surface area contributed by atoms with Gasteiger partial charge in [0.1, 0.15) is 5.69 Å². The summed E-state index contributed by atoms with van der Waals surface area (Å²) in [7, 11) is 0. The smallest absolute Gasteiger partial charge is 0.274 e. The average Bonchev–Trinajstić information content (AvgIpc) is 3.11. The Morgan fingerprint density at radius 2 is 2.00 bits per heavy atom. The monoisotopic (exact) mass is 370 g/mol. The molecule has 10 heteroatoms. The zero-order valence-corrected chi connectivity index (χ0v) is 14.4. The fraction of sp³-hybridized carbons (Fsp3) is 0.250. The average molecular weight is 370 g/mol. The van der Waals surface area contributed by atoms with Crippen LogP contribution < -0.4 is 4.90 Å². The molecule has 26 heavy (non-hydrogen) atoms. The molecule has 0 atom stereocenters. The lowest BCUT2D eigenvalue weighted by Crippen LogP contribution is -2.49. The highest BCUT2D eigenvalue weighted by molar-refractivity contribution is 7.22. The first-order valence-electron chi connectivity index (χ1n) is 7.97. The number of non-ortho nitro benzene ring substituents is 1. The van der Waals surface area contributed by atoms with Crippen LogP contribution in [-0.2, 0) is 0 Å². The summed E-state index contributed by atoms with van der Waals surface area (Å²) in [5.74, 6) is -0.127. The first-order chi connectivity index (χ1) is 12.6. The van der Waals surface area contributed by atoms with Gasteiger partial charge in [-0.15, -0.1) is 0 Å². The van der Waals surface area contributed by atoms with E-state index in [4.69, 9.17) is 0 Å². The molecule has 0 N–H and O–H groups in total. The second-order valence-corrected chi connectivity index (χ2v) is 6.78. The number of amides is 1. The van der Waals surface area contributed by atoms with Crippen LogP contribution in [0.5, 0.6) is 0 Å². The van der Waals surface area contributed by atoms with Crippen molar-refractivity contribution in [2.75, 3.05) is 31.1 Å². The summed E-state index contributed by atoms with van der Waals surface area (Å²) in [6.07, 6.45) is 4.51. The van der Waals surface area contributed by atoms with Gasteiger partial charge in [0.05, 0.1) is 21.3 Å². The third-order valence-corrected chi connectivity index (χ3v) is 5.27. The standard InChI is InChI=1S/C16H14N6O3S/c23-15(13-10-17-3-4-18-13)20-5-7-21(8-6-20)16-19-12-2-1-11(22(24)25)9-14(12)26-16/h1-4,9-10H,5-8H2. The largest absolute Gasteiger partial charge is 0.345 e. The molecule has 3 heterocycles. The summed E-state index contributed by atoms with van der Waals surface area (Å²) in [6.45, 7) is 2.42. The van der Waals surface area contributed by atoms with Crippen LogP contribution in [0.1, 0.15) is 10.5 Å². The minimum Gasteiger partial charge on any atom is -0.345 e. The molecule has 1 aliphatic rings. The van der Waals surface area contributed by atoms with E-state index < -0.39 is 4.92 Å². The number of carbonyl (C=O) groups is 1. The molecule has 1 aromatic carbocycles. The van der Waals surface area contributed by atoms with Crippen LogP contribution in [0.25, 0.3) is 10.2 Å². The molecule has 0 radical (unpaired) electrons. The Labute approximate surface area is 152 Å². The van der Waals surface area contributed by atoms with Crippen molar-refractivity contribution >= 4 is 38.3 Å². The molecule has 1 amide bonds. The maximum Gasteiger partial charge on any atom is 0.274 e. The van der Waals surface area contributed by atoms with Gasteiger partial charge in [0, 0.05) is 50.7 Å². The van der Waals surface area contributed by atoms with Crippen LogP contribution in [-0.4, -0.2) is 56.9 Å². The lowest BCUT2D eigenvalue weighted by atomic mass is 10.3. The van der Waals surface area contributed by atoms with E-state index in [0.29, 0.717) is 31.9 Å². The summed E-state index contributed by atoms with van der Waals surface area (Å²) in [5, 5.41) is 11.7. The molecule has 0 aliphatic carbocycles. The van der Waals surface area contributed by atoms with E-state index in [1.807, 2.05) is 0 Å². The number of nitrogens with zero attached hydrogens (tertiary/aromatic N) is 6. The van der Waals surface area contributed by atoms with Crippen molar-refractivity contribution in [1.82, 2.24) is 19.9 Å². The highest BCUT2D eigenvalue weighted by Crippen LogP contribution is 2.31. The molecular formula is C16H14N6O3S. The van der Waals surface area contributed by atoms with Crippen molar-refractivity contribution in [3.05, 3.63) is 52.6 Å². The minimum atomic E-state index is -0.407. The normalized spacial score (nSPS) is 14.6. The number of carbonyl (C=O) groups excluding carboxylic acids is 1. The van der Waals surface area contributed by atoms with E-state index in [-0.39, 0.29) is 11.6 Å². The van der Waals surface area contributed by atoms with Crippen LogP contribution in [0.3, 0.4) is 0 Å². The molecule has 1 saturated heterocycles. The first-order valence-corrected chi connectivity index (χ1v) is 8.79. The fourth-order valence-electron chi connectivity index (χ4n) is 2.82. The van der Waals surface area contributed by atoms with E-state index in [9.17, 15) is 14.9 Å². The lowest BCUT2D eigenvalue weighted by molar-refractivity contribution is -0.384. The number of fused-ring (bicyclic) bond motifs is 1. The van der Waals surface area contributed by atoms with Crippen molar-refractivity contribution in [2.24, 2.45) is 0 Å². The number of anilines is 1. The van der Waals surface area contributed by atoms with Gasteiger partial charge < -0.3 is 9.80 Å². The molecule has 0 spiro atoms. The maximum atomic E-state index is 12.4. The maximum absolute atomic E-state index is 12.4. The van der Waals surface area contributed by atoms with Crippen LogP contribution >= 0.6 is 11.3 Å². The second kappa shape index (κ2) is 6.64. The van der Waals surface area contributed by atoms with Crippen molar-refractivity contribution in [2.45, 2.75) is 0 Å². The Morgan fingerprint density at radius 1 is 1.19 bits per heavy atom. The number of hydrogen-bond acceptors (Lipinski definition) is 8. The number of hydrogen-bond donors (Lipinski definition) is 0. The van der Waals surface area contributed by atoms with Crippen molar-refractivity contribution in [3.63, 3.8) is 0 Å². The molecule has 132 valence electrons. The number of aromatic nitrogens is 3. The van der Waals surface area contributed by atoms with E-state index in [1.54, 1.807) is 17.0 Å². The van der Waals surface area contributed by atoms with Gasteiger partial charge in [-0.05, 0) is 6.07 Å². The second-order valence-electron chi connectivity index (χ2n) is 5.78. The number of nitro benzene ring substituents is 1. The summed E-state index contributed by atoms with van der Waals surface area (Å²) < 4.78 is 0.785. The summed E-state index contributed by atoms with van der Waals surface area (Å²) in [6, 6.07) is 4.68. The van der Waals surface area contributed by atoms with Gasteiger partial charge >= 0.3 is 0 Å². The molecule has 9 nitrogen and oxygen atoms in total. The van der Waals surface area contributed by atoms with E-state index in [0.717, 1.165) is 15.3 Å². The molecule has 0 unspecified atom stereocenters. The third kappa shape index (κ3) is 3.06. The van der Waals surface area contributed by atoms with Gasteiger partial charge in [-0.25, -0.2) is 9.97 Å². The molecular weight excluding hydrogens is 356 g/mol. The highest BCUT2D eigenvalue weighted by atomic mass is 32.1. The Bertz CT molecular complexity index is 969. The van der Waals surface area contributed by atoms with Crippen LogP contribution in [0, 0.1) is 10.1 Å². The number of piperazine rings is 1. The van der Waals surface area contributed by atoms with Crippen molar-refractivity contribution < 1.29 is 9.72 Å². The summed E-state index contributed by atoms with van der Waals surface area (Å²) >= 11 is 1.43. The van der Waals surface area contributed by atoms with E-state index in [2.05, 4.69) is 19.9 Å². The summed E-state index contributed by atoms with van der Waals surface area (Å²) in [5.41, 5.74) is 1.15. The Kier molecular flexibility index (Phi) is 4.17. The molecule has 1 aliphatic heterocycles. The molecule has 0 saturated carbocycles. The van der Waals surface area contributed by atoms with Crippen LogP contribution in [0.4, 0.5) is 10.8 Å². The molecule has 3 aromatic rings. The van der Waals surface area contributed by atoms with E-state index in [1.165, 1.54) is 36.0 Å². The molecule has 0 bridgehead atoms. The lowest BCUT2D eigenvalue weighted by Gasteiger charge is -2.34. The zero-order valence-electron chi connectivity index (χ0n) is 13.6. The quantitative estimate of drug-likeness (QED) is 0.512. The topological polar surface area (TPSA) is 105 Å². The molecule has 2 aromatic heterocycles. The number of rotatable bonds is 3. The first kappa shape index (κ1) is 16.3. The summed E-state index contributed by atoms with van der Waals surface area (Å²) in [4.78, 5) is 39.3. The van der Waals surface area contributed by atoms with Gasteiger partial charge in [0.25, 0.3) is 11.6 Å². The van der Waals surface area contributed by atoms with E-state index >= 15 is 0 Å². The fourth-order valence-corrected chi connectivity index (χ4v) is 3.87. The van der Waals surface area contributed by atoms with Crippen molar-refractivity contribution in [3.8, 4) is 0 Å². The van der Waals surface area contributed by atoms with Gasteiger partial charge in [0.2, 0.25) is 0 Å². The Hall–Kier alpha value is -3.14. The van der Waals surface area contributed by atoms with Gasteiger partial charge in [-0.3, -0.25) is 19.9 Å². The predicted octanol–water partition coefficient (Wildman–Crippen LogP) is 1.96. The highest BCUT2D eigenvalue weighted by Gasteiger charge is 2.25. The SMILES string of the molecule is O=C(c1cnccn1)N1CCN(c2nc3ccc([N+](=O)[O-])cc3s2)CC1. The zero-order chi connectivity index (χ0) is 18.1. The van der Waals surface area contributed by atoms with Crippen molar-refractivity contribution in [1.29, 1.82) is 0 Å². The Morgan fingerprint density at radius 3 is 2.69 bits per heavy atom. The minimum absolute atomic E-state index is 0.0621. The van der Waals surface area contributed by atoms with Gasteiger partial charge in [-0.2, -0.15) is 0 Å². The van der Waals surface area contributed by atoms with Crippen LogP contribution in [0.2, 0.25) is 0 Å². The van der Waals surface area contributed by atoms with Gasteiger partial charge in [-0.1, -0.05) is 11.3 Å². The Balaban J connectivity index is 1.47. The molecule has 4 rings (SSSR count). The molecule has 1 fully saturated rings.